The Morgan fingerprint density at radius 3 is 2.53 bits per heavy atom. The standard InChI is InChI=1S/C23H31N3O5S/c1-4-17-6-8-18(9-7-17)22-25-20(16(3)31-22)14-32(29)15-21(27)24-19-10-12-26(13-11-19)23(28)30-5-2/h6-9,19H,4-5,10-15H2,1-3H3,(H,24,27)/t32-/m0/s1. The number of nitrogens with one attached hydrogen (secondary N) is 1. The van der Waals surface area contributed by atoms with E-state index in [0.29, 0.717) is 49.9 Å². The molecular weight excluding hydrogens is 430 g/mol. The maximum atomic E-state index is 12.6. The molecule has 1 atom stereocenters. The summed E-state index contributed by atoms with van der Waals surface area (Å²) >= 11 is 0. The highest BCUT2D eigenvalue weighted by Gasteiger charge is 2.25. The fourth-order valence-electron chi connectivity index (χ4n) is 3.61. The molecule has 0 spiro atoms. The number of aryl methyl sites for hydroxylation is 2. The molecule has 1 aromatic heterocycles. The van der Waals surface area contributed by atoms with Crippen LogP contribution < -0.4 is 5.32 Å². The predicted molar refractivity (Wildman–Crippen MR) is 123 cm³/mol. The number of amides is 2. The van der Waals surface area contributed by atoms with E-state index in [0.717, 1.165) is 12.0 Å². The molecule has 174 valence electrons. The van der Waals surface area contributed by atoms with Crippen molar-refractivity contribution in [1.82, 2.24) is 15.2 Å². The summed E-state index contributed by atoms with van der Waals surface area (Å²) in [6, 6.07) is 7.97. The summed E-state index contributed by atoms with van der Waals surface area (Å²) in [5, 5.41) is 2.93. The molecule has 1 fully saturated rings. The summed E-state index contributed by atoms with van der Waals surface area (Å²) < 4.78 is 23.3. The molecule has 3 rings (SSSR count). The third kappa shape index (κ3) is 6.41. The Morgan fingerprint density at radius 2 is 1.91 bits per heavy atom. The van der Waals surface area contributed by atoms with E-state index >= 15 is 0 Å². The van der Waals surface area contributed by atoms with Crippen molar-refractivity contribution in [3.8, 4) is 11.5 Å². The topological polar surface area (TPSA) is 102 Å². The van der Waals surface area contributed by atoms with Crippen molar-refractivity contribution in [3.63, 3.8) is 0 Å². The van der Waals surface area contributed by atoms with E-state index in [1.54, 1.807) is 18.7 Å². The summed E-state index contributed by atoms with van der Waals surface area (Å²) in [4.78, 5) is 30.2. The van der Waals surface area contributed by atoms with Crippen molar-refractivity contribution >= 4 is 22.8 Å². The largest absolute Gasteiger partial charge is 0.450 e. The van der Waals surface area contributed by atoms with Crippen LogP contribution in [0, 0.1) is 6.92 Å². The first-order valence-electron chi connectivity index (χ1n) is 11.0. The SMILES string of the molecule is CCOC(=O)N1CCC(NC(=O)C[S@@](=O)Cc2nc(-c3ccc(CC)cc3)oc2C)CC1. The van der Waals surface area contributed by atoms with Crippen LogP contribution in [0.4, 0.5) is 4.79 Å². The van der Waals surface area contributed by atoms with Gasteiger partial charge in [-0.1, -0.05) is 19.1 Å². The van der Waals surface area contributed by atoms with Crippen molar-refractivity contribution < 1.29 is 23.0 Å². The highest BCUT2D eigenvalue weighted by Crippen LogP contribution is 2.23. The maximum absolute atomic E-state index is 12.6. The average Bonchev–Trinajstić information content (AvgIpc) is 3.14. The van der Waals surface area contributed by atoms with Crippen molar-refractivity contribution in [1.29, 1.82) is 0 Å². The van der Waals surface area contributed by atoms with E-state index < -0.39 is 10.8 Å². The number of rotatable bonds is 8. The Hall–Kier alpha value is -2.68. The molecule has 1 N–H and O–H groups in total. The number of piperidine rings is 1. The molecule has 2 aromatic rings. The van der Waals surface area contributed by atoms with Gasteiger partial charge >= 0.3 is 6.09 Å². The fraction of sp³-hybridized carbons (Fsp3) is 0.522. The van der Waals surface area contributed by atoms with Gasteiger partial charge in [0.15, 0.2) is 0 Å². The Kier molecular flexibility index (Phi) is 8.44. The second kappa shape index (κ2) is 11.3. The molecule has 32 heavy (non-hydrogen) atoms. The first kappa shape index (κ1) is 24.0. The molecule has 1 aliphatic rings. The van der Waals surface area contributed by atoms with Gasteiger partial charge in [0.1, 0.15) is 11.5 Å². The Bertz CT molecular complexity index is 949. The molecule has 2 heterocycles. The van der Waals surface area contributed by atoms with Gasteiger partial charge in [0.05, 0.1) is 18.1 Å². The zero-order valence-corrected chi connectivity index (χ0v) is 19.7. The van der Waals surface area contributed by atoms with E-state index in [1.165, 1.54) is 5.56 Å². The lowest BCUT2D eigenvalue weighted by Crippen LogP contribution is -2.47. The summed E-state index contributed by atoms with van der Waals surface area (Å²) in [6.07, 6.45) is 1.95. The van der Waals surface area contributed by atoms with E-state index in [9.17, 15) is 13.8 Å². The summed E-state index contributed by atoms with van der Waals surface area (Å²) in [5.74, 6) is 0.922. The molecule has 0 saturated carbocycles. The molecule has 0 bridgehead atoms. The number of hydrogen-bond acceptors (Lipinski definition) is 6. The number of oxazole rings is 1. The highest BCUT2D eigenvalue weighted by atomic mass is 32.2. The third-order valence-electron chi connectivity index (χ3n) is 5.48. The van der Waals surface area contributed by atoms with Gasteiger partial charge in [-0.15, -0.1) is 0 Å². The molecule has 1 saturated heterocycles. The molecule has 8 nitrogen and oxygen atoms in total. The van der Waals surface area contributed by atoms with E-state index in [4.69, 9.17) is 9.15 Å². The average molecular weight is 462 g/mol. The van der Waals surface area contributed by atoms with Crippen molar-refractivity contribution in [2.45, 2.75) is 51.8 Å². The minimum Gasteiger partial charge on any atom is -0.450 e. The lowest BCUT2D eigenvalue weighted by Gasteiger charge is -2.31. The molecule has 0 aliphatic carbocycles. The maximum Gasteiger partial charge on any atom is 0.409 e. The second-order valence-corrected chi connectivity index (χ2v) is 9.29. The Balaban J connectivity index is 1.48. The molecule has 1 aliphatic heterocycles. The van der Waals surface area contributed by atoms with Crippen LogP contribution in [0.15, 0.2) is 28.7 Å². The lowest BCUT2D eigenvalue weighted by atomic mass is 10.1. The monoisotopic (exact) mass is 461 g/mol. The van der Waals surface area contributed by atoms with E-state index in [1.807, 2.05) is 24.3 Å². The van der Waals surface area contributed by atoms with Crippen LogP contribution in [0.2, 0.25) is 0 Å². The van der Waals surface area contributed by atoms with Gasteiger partial charge < -0.3 is 19.4 Å². The van der Waals surface area contributed by atoms with Gasteiger partial charge in [0.25, 0.3) is 0 Å². The minimum atomic E-state index is -1.40. The van der Waals surface area contributed by atoms with E-state index in [2.05, 4.69) is 17.2 Å². The highest BCUT2D eigenvalue weighted by molar-refractivity contribution is 7.84. The van der Waals surface area contributed by atoms with Crippen LogP contribution in [-0.2, 0) is 32.5 Å². The summed E-state index contributed by atoms with van der Waals surface area (Å²) in [7, 11) is -1.40. The zero-order valence-electron chi connectivity index (χ0n) is 18.9. The summed E-state index contributed by atoms with van der Waals surface area (Å²) in [5.41, 5.74) is 2.71. The normalized spacial score (nSPS) is 15.4. The Morgan fingerprint density at radius 1 is 1.22 bits per heavy atom. The van der Waals surface area contributed by atoms with Crippen molar-refractivity contribution in [2.24, 2.45) is 0 Å². The van der Waals surface area contributed by atoms with Crippen LogP contribution in [0.3, 0.4) is 0 Å². The lowest BCUT2D eigenvalue weighted by molar-refractivity contribution is -0.119. The summed E-state index contributed by atoms with van der Waals surface area (Å²) in [6.45, 7) is 7.08. The molecule has 9 heteroatoms. The van der Waals surface area contributed by atoms with Gasteiger partial charge in [-0.3, -0.25) is 9.00 Å². The third-order valence-corrected chi connectivity index (χ3v) is 6.66. The predicted octanol–water partition coefficient (Wildman–Crippen LogP) is 3.20. The van der Waals surface area contributed by atoms with Gasteiger partial charge in [0, 0.05) is 35.5 Å². The first-order chi connectivity index (χ1) is 15.4. The van der Waals surface area contributed by atoms with E-state index in [-0.39, 0.29) is 29.5 Å². The molecular formula is C23H31N3O5S. The molecule has 1 aromatic carbocycles. The van der Waals surface area contributed by atoms with Gasteiger partial charge in [-0.05, 0) is 50.8 Å². The number of hydrogen-bond donors (Lipinski definition) is 1. The second-order valence-electron chi connectivity index (χ2n) is 7.83. The quantitative estimate of drug-likeness (QED) is 0.648. The molecule has 2 amide bonds. The van der Waals surface area contributed by atoms with Gasteiger partial charge in [0.2, 0.25) is 11.8 Å². The molecule has 0 unspecified atom stereocenters. The van der Waals surface area contributed by atoms with Gasteiger partial charge in [-0.2, -0.15) is 0 Å². The minimum absolute atomic E-state index is 0.0309. The number of benzene rings is 1. The Labute approximate surface area is 191 Å². The van der Waals surface area contributed by atoms with Crippen molar-refractivity contribution in [2.75, 3.05) is 25.4 Å². The fourth-order valence-corrected chi connectivity index (χ4v) is 4.66. The van der Waals surface area contributed by atoms with Crippen LogP contribution in [0.25, 0.3) is 11.5 Å². The number of likely N-dealkylation sites (tertiary alicyclic amines) is 1. The number of aromatic nitrogens is 1. The van der Waals surface area contributed by atoms with Crippen LogP contribution in [0.5, 0.6) is 0 Å². The molecule has 0 radical (unpaired) electrons. The zero-order chi connectivity index (χ0) is 23.1. The van der Waals surface area contributed by atoms with Crippen LogP contribution in [0.1, 0.15) is 43.7 Å². The smallest absolute Gasteiger partial charge is 0.409 e. The van der Waals surface area contributed by atoms with Crippen LogP contribution >= 0.6 is 0 Å². The number of carbonyl (C=O) groups excluding carboxylic acids is 2. The number of carbonyl (C=O) groups is 2. The number of ether oxygens (including phenoxy) is 1. The van der Waals surface area contributed by atoms with Crippen molar-refractivity contribution in [3.05, 3.63) is 41.3 Å². The van der Waals surface area contributed by atoms with Gasteiger partial charge in [-0.25, -0.2) is 9.78 Å². The van der Waals surface area contributed by atoms with Crippen LogP contribution in [-0.4, -0.2) is 57.6 Å². The first-order valence-corrected chi connectivity index (χ1v) is 12.5. The number of nitrogens with zero attached hydrogens (tertiary/aromatic N) is 2.